The highest BCUT2D eigenvalue weighted by Gasteiger charge is 2.67. The lowest BCUT2D eigenvalue weighted by molar-refractivity contribution is -0.332. The van der Waals surface area contributed by atoms with Crippen LogP contribution < -0.4 is 0 Å². The summed E-state index contributed by atoms with van der Waals surface area (Å²) in [6.45, 7) is 14.2. The van der Waals surface area contributed by atoms with Crippen LogP contribution >= 0.6 is 0 Å². The Labute approximate surface area is 200 Å². The lowest BCUT2D eigenvalue weighted by atomic mass is 9.55. The van der Waals surface area contributed by atoms with Gasteiger partial charge in [-0.3, -0.25) is 0 Å². The van der Waals surface area contributed by atoms with Crippen LogP contribution in [0.15, 0.2) is 30.3 Å². The van der Waals surface area contributed by atoms with Gasteiger partial charge in [-0.05, 0) is 23.7 Å². The predicted octanol–water partition coefficient (Wildman–Crippen LogP) is 4.97. The summed E-state index contributed by atoms with van der Waals surface area (Å²) >= 11 is 0. The fraction of sp³-hybridized carbons (Fsp3) is 0.731. The van der Waals surface area contributed by atoms with Gasteiger partial charge in [0.2, 0.25) is 0 Å². The molecule has 0 spiro atoms. The topological polar surface area (TPSA) is 63.2 Å². The molecule has 7 heteroatoms. The van der Waals surface area contributed by atoms with Crippen LogP contribution in [0.2, 0.25) is 18.1 Å². The first-order chi connectivity index (χ1) is 15.4. The van der Waals surface area contributed by atoms with Gasteiger partial charge in [0.05, 0.1) is 31.3 Å². The maximum absolute atomic E-state index is 12.8. The maximum atomic E-state index is 12.8. The molecule has 1 saturated heterocycles. The number of benzene rings is 1. The summed E-state index contributed by atoms with van der Waals surface area (Å²) in [5, 5.41) is 0.0469. The van der Waals surface area contributed by atoms with Crippen LogP contribution in [0.25, 0.3) is 0 Å². The van der Waals surface area contributed by atoms with Crippen molar-refractivity contribution in [1.29, 1.82) is 0 Å². The number of carbonyl (C=O) groups excluding carboxylic acids is 1. The SMILES string of the molecule is COC(C[C@]1(C)[C@@H](O[Si](C)(C)C(C)(C)C)C[C@H]2OC[C@@]2(OCc2ccccc2)[C@H]1C=O)OC. The van der Waals surface area contributed by atoms with Gasteiger partial charge in [0.25, 0.3) is 0 Å². The molecule has 0 bridgehead atoms. The molecule has 0 amide bonds. The molecule has 1 aliphatic heterocycles. The normalized spacial score (nSPS) is 32.3. The summed E-state index contributed by atoms with van der Waals surface area (Å²) in [5.41, 5.74) is -0.133. The lowest BCUT2D eigenvalue weighted by Crippen LogP contribution is -2.74. The number of fused-ring (bicyclic) bond motifs is 1. The smallest absolute Gasteiger partial charge is 0.192 e. The zero-order chi connectivity index (χ0) is 24.5. The van der Waals surface area contributed by atoms with Crippen molar-refractivity contribution in [1.82, 2.24) is 0 Å². The van der Waals surface area contributed by atoms with Gasteiger partial charge in [-0.15, -0.1) is 0 Å². The Kier molecular flexibility index (Phi) is 7.93. The molecular formula is C26H42O6Si. The molecule has 2 aliphatic rings. The molecule has 1 heterocycles. The van der Waals surface area contributed by atoms with Crippen LogP contribution in [0, 0.1) is 11.3 Å². The fourth-order valence-corrected chi connectivity index (χ4v) is 6.46. The van der Waals surface area contributed by atoms with E-state index in [0.29, 0.717) is 26.1 Å². The van der Waals surface area contributed by atoms with Gasteiger partial charge < -0.3 is 28.2 Å². The van der Waals surface area contributed by atoms with Crippen molar-refractivity contribution in [2.45, 2.75) is 89.4 Å². The number of ether oxygens (including phenoxy) is 4. The van der Waals surface area contributed by atoms with Gasteiger partial charge in [0.15, 0.2) is 14.6 Å². The Morgan fingerprint density at radius 2 is 1.82 bits per heavy atom. The Morgan fingerprint density at radius 3 is 2.30 bits per heavy atom. The highest BCUT2D eigenvalue weighted by molar-refractivity contribution is 6.74. The van der Waals surface area contributed by atoms with Gasteiger partial charge in [-0.1, -0.05) is 58.0 Å². The van der Waals surface area contributed by atoms with E-state index in [4.69, 9.17) is 23.4 Å². The zero-order valence-electron chi connectivity index (χ0n) is 21.6. The van der Waals surface area contributed by atoms with Crippen LogP contribution in [-0.4, -0.2) is 59.5 Å². The molecule has 0 unspecified atom stereocenters. The Hall–Kier alpha value is -1.09. The van der Waals surface area contributed by atoms with Crippen molar-refractivity contribution >= 4 is 14.6 Å². The van der Waals surface area contributed by atoms with E-state index in [2.05, 4.69) is 40.8 Å². The van der Waals surface area contributed by atoms with Crippen molar-refractivity contribution < 1.29 is 28.2 Å². The van der Waals surface area contributed by atoms with Crippen LogP contribution in [0.1, 0.15) is 46.1 Å². The molecule has 5 atom stereocenters. The molecule has 1 saturated carbocycles. The van der Waals surface area contributed by atoms with Crippen LogP contribution in [0.5, 0.6) is 0 Å². The molecule has 2 fully saturated rings. The zero-order valence-corrected chi connectivity index (χ0v) is 22.6. The van der Waals surface area contributed by atoms with Gasteiger partial charge in [-0.2, -0.15) is 0 Å². The first-order valence-corrected chi connectivity index (χ1v) is 14.8. The summed E-state index contributed by atoms with van der Waals surface area (Å²) in [5.74, 6) is -0.413. The van der Waals surface area contributed by atoms with E-state index in [1.54, 1.807) is 14.2 Å². The molecule has 33 heavy (non-hydrogen) atoms. The van der Waals surface area contributed by atoms with E-state index in [9.17, 15) is 4.79 Å². The predicted molar refractivity (Wildman–Crippen MR) is 130 cm³/mol. The summed E-state index contributed by atoms with van der Waals surface area (Å²) in [4.78, 5) is 12.8. The highest BCUT2D eigenvalue weighted by Crippen LogP contribution is 2.57. The fourth-order valence-electron chi connectivity index (χ4n) is 5.03. The van der Waals surface area contributed by atoms with Gasteiger partial charge in [-0.25, -0.2) is 0 Å². The molecule has 0 N–H and O–H groups in total. The summed E-state index contributed by atoms with van der Waals surface area (Å²) in [6, 6.07) is 10.1. The molecule has 1 aromatic carbocycles. The third-order valence-corrected chi connectivity index (χ3v) is 12.8. The largest absolute Gasteiger partial charge is 0.413 e. The maximum Gasteiger partial charge on any atom is 0.192 e. The lowest BCUT2D eigenvalue weighted by Gasteiger charge is -2.63. The third kappa shape index (κ3) is 4.99. The van der Waals surface area contributed by atoms with E-state index >= 15 is 0 Å². The Balaban J connectivity index is 1.96. The quantitative estimate of drug-likeness (QED) is 0.269. The average molecular weight is 479 g/mol. The van der Waals surface area contributed by atoms with Gasteiger partial charge >= 0.3 is 0 Å². The number of hydrogen-bond acceptors (Lipinski definition) is 6. The first-order valence-electron chi connectivity index (χ1n) is 11.9. The standard InChI is InChI=1S/C26H42O6Si/c1-24(2,3)33(7,8)32-21-14-22-26(18-30-22,31-17-19-12-10-9-11-13-19)20(16-27)25(21,4)15-23(28-5)29-6/h9-13,16,20-23H,14-15,17-18H2,1-8H3/t20-,21-,22+,25-,26+/m0/s1. The van der Waals surface area contributed by atoms with E-state index in [1.165, 1.54) is 0 Å². The summed E-state index contributed by atoms with van der Waals surface area (Å²) in [7, 11) is 1.16. The van der Waals surface area contributed by atoms with Crippen molar-refractivity contribution in [3.63, 3.8) is 0 Å². The van der Waals surface area contributed by atoms with Crippen molar-refractivity contribution in [3.8, 4) is 0 Å². The average Bonchev–Trinajstić information content (AvgIpc) is 2.75. The summed E-state index contributed by atoms with van der Waals surface area (Å²) in [6.07, 6.45) is 1.49. The number of carbonyl (C=O) groups is 1. The number of rotatable bonds is 10. The van der Waals surface area contributed by atoms with E-state index in [-0.39, 0.29) is 17.2 Å². The Bertz CT molecular complexity index is 790. The summed E-state index contributed by atoms with van der Waals surface area (Å²) < 4.78 is 30.8. The second-order valence-corrected chi connectivity index (χ2v) is 16.1. The Morgan fingerprint density at radius 1 is 1.18 bits per heavy atom. The first kappa shape index (κ1) is 26.5. The van der Waals surface area contributed by atoms with E-state index in [1.807, 2.05) is 30.3 Å². The van der Waals surface area contributed by atoms with Gasteiger partial charge in [0.1, 0.15) is 11.9 Å². The third-order valence-electron chi connectivity index (χ3n) is 8.32. The van der Waals surface area contributed by atoms with Crippen LogP contribution in [0.4, 0.5) is 0 Å². The molecule has 1 aromatic rings. The second kappa shape index (κ2) is 9.88. The van der Waals surface area contributed by atoms with E-state index < -0.39 is 31.5 Å². The molecule has 186 valence electrons. The van der Waals surface area contributed by atoms with Crippen LogP contribution in [0.3, 0.4) is 0 Å². The number of methoxy groups -OCH3 is 2. The second-order valence-electron chi connectivity index (χ2n) is 11.4. The minimum atomic E-state index is -2.11. The highest BCUT2D eigenvalue weighted by atomic mass is 28.4. The number of aldehydes is 1. The van der Waals surface area contributed by atoms with Crippen molar-refractivity contribution in [2.75, 3.05) is 20.8 Å². The molecule has 6 nitrogen and oxygen atoms in total. The molecule has 0 aromatic heterocycles. The van der Waals surface area contributed by atoms with E-state index in [0.717, 1.165) is 11.8 Å². The minimum absolute atomic E-state index is 0.0469. The molecule has 1 aliphatic carbocycles. The minimum Gasteiger partial charge on any atom is -0.413 e. The molecule has 0 radical (unpaired) electrons. The van der Waals surface area contributed by atoms with Gasteiger partial charge in [0, 0.05) is 32.5 Å². The van der Waals surface area contributed by atoms with Crippen molar-refractivity contribution in [3.05, 3.63) is 35.9 Å². The number of hydrogen-bond donors (Lipinski definition) is 0. The van der Waals surface area contributed by atoms with Crippen LogP contribution in [-0.2, 0) is 34.8 Å². The molecular weight excluding hydrogens is 436 g/mol. The molecule has 3 rings (SSSR count). The van der Waals surface area contributed by atoms with Crippen molar-refractivity contribution in [2.24, 2.45) is 11.3 Å². The monoisotopic (exact) mass is 478 g/mol.